The number of aromatic nitrogens is 2. The Labute approximate surface area is 107 Å². The Bertz CT molecular complexity index is 453. The second-order valence-corrected chi connectivity index (χ2v) is 4.72. The Morgan fingerprint density at radius 1 is 1.44 bits per heavy atom. The van der Waals surface area contributed by atoms with Crippen molar-refractivity contribution in [2.45, 2.75) is 45.6 Å². The molecule has 1 saturated heterocycles. The van der Waals surface area contributed by atoms with Gasteiger partial charge in [0, 0.05) is 36.7 Å². The molecule has 0 saturated carbocycles. The molecule has 5 heteroatoms. The zero-order valence-corrected chi connectivity index (χ0v) is 10.8. The molecule has 5 nitrogen and oxygen atoms in total. The van der Waals surface area contributed by atoms with Crippen LogP contribution in [0, 0.1) is 5.92 Å². The van der Waals surface area contributed by atoms with Crippen molar-refractivity contribution in [3.63, 3.8) is 0 Å². The van der Waals surface area contributed by atoms with Crippen LogP contribution in [-0.4, -0.2) is 21.4 Å². The number of nitrogens with zero attached hydrogens (tertiary/aromatic N) is 2. The van der Waals surface area contributed by atoms with Crippen molar-refractivity contribution in [2.75, 3.05) is 0 Å². The van der Waals surface area contributed by atoms with Crippen LogP contribution in [0.5, 0.6) is 0 Å². The minimum atomic E-state index is -0.179. The molecule has 1 aromatic rings. The van der Waals surface area contributed by atoms with Gasteiger partial charge in [0.15, 0.2) is 0 Å². The summed E-state index contributed by atoms with van der Waals surface area (Å²) in [5, 5.41) is 2.44. The van der Waals surface area contributed by atoms with E-state index in [0.29, 0.717) is 6.42 Å². The van der Waals surface area contributed by atoms with Crippen LogP contribution in [0.15, 0.2) is 12.5 Å². The highest BCUT2D eigenvalue weighted by molar-refractivity contribution is 5.99. The average Bonchev–Trinajstić information content (AvgIpc) is 2.80. The molecule has 98 valence electrons. The molecule has 2 rings (SSSR count). The summed E-state index contributed by atoms with van der Waals surface area (Å²) in [5.74, 6) is -0.466. The van der Waals surface area contributed by atoms with Gasteiger partial charge >= 0.3 is 0 Å². The van der Waals surface area contributed by atoms with Gasteiger partial charge in [-0.3, -0.25) is 14.9 Å². The predicted octanol–water partition coefficient (Wildman–Crippen LogP) is 1.45. The third kappa shape index (κ3) is 2.30. The van der Waals surface area contributed by atoms with Crippen molar-refractivity contribution in [3.05, 3.63) is 18.2 Å². The fourth-order valence-electron chi connectivity index (χ4n) is 2.66. The minimum Gasteiger partial charge on any atom is -0.335 e. The molecule has 0 aliphatic carbocycles. The van der Waals surface area contributed by atoms with Crippen molar-refractivity contribution in [1.82, 2.24) is 14.9 Å². The molecule has 1 fully saturated rings. The third-order valence-corrected chi connectivity index (χ3v) is 3.56. The van der Waals surface area contributed by atoms with E-state index in [4.69, 9.17) is 0 Å². The molecule has 1 aliphatic rings. The van der Waals surface area contributed by atoms with Crippen LogP contribution in [0.4, 0.5) is 0 Å². The fraction of sp³-hybridized carbons (Fsp3) is 0.615. The zero-order valence-electron chi connectivity index (χ0n) is 10.8. The number of imide groups is 1. The molecular formula is C13H19N3O2. The number of carbonyl (C=O) groups is 2. The topological polar surface area (TPSA) is 64.0 Å². The Morgan fingerprint density at radius 2 is 2.22 bits per heavy atom. The van der Waals surface area contributed by atoms with Crippen LogP contribution in [0.3, 0.4) is 0 Å². The van der Waals surface area contributed by atoms with E-state index in [-0.39, 0.29) is 23.7 Å². The van der Waals surface area contributed by atoms with Gasteiger partial charge in [-0.05, 0) is 13.3 Å². The van der Waals surface area contributed by atoms with E-state index in [1.165, 1.54) is 0 Å². The first-order chi connectivity index (χ1) is 8.67. The van der Waals surface area contributed by atoms with Gasteiger partial charge in [0.25, 0.3) is 0 Å². The van der Waals surface area contributed by atoms with Crippen LogP contribution in [0.1, 0.15) is 44.7 Å². The largest absolute Gasteiger partial charge is 0.335 e. The number of hydrogen-bond acceptors (Lipinski definition) is 3. The van der Waals surface area contributed by atoms with Gasteiger partial charge in [-0.15, -0.1) is 0 Å². The molecule has 0 aromatic carbocycles. The molecule has 1 N–H and O–H groups in total. The average molecular weight is 249 g/mol. The number of aryl methyl sites for hydroxylation is 1. The summed E-state index contributed by atoms with van der Waals surface area (Å²) in [6.45, 7) is 4.89. The highest BCUT2D eigenvalue weighted by Crippen LogP contribution is 2.34. The van der Waals surface area contributed by atoms with Crippen LogP contribution >= 0.6 is 0 Å². The van der Waals surface area contributed by atoms with Crippen molar-refractivity contribution in [3.8, 4) is 0 Å². The number of rotatable bonds is 4. The summed E-state index contributed by atoms with van der Waals surface area (Å²) in [6, 6.07) is 0. The maximum atomic E-state index is 11.9. The van der Waals surface area contributed by atoms with Gasteiger partial charge in [0.05, 0.1) is 6.33 Å². The lowest BCUT2D eigenvalue weighted by molar-refractivity contribution is -0.137. The van der Waals surface area contributed by atoms with E-state index >= 15 is 0 Å². The van der Waals surface area contributed by atoms with Crippen molar-refractivity contribution < 1.29 is 9.59 Å². The summed E-state index contributed by atoms with van der Waals surface area (Å²) in [4.78, 5) is 27.6. The van der Waals surface area contributed by atoms with Crippen LogP contribution in [0.25, 0.3) is 0 Å². The molecule has 2 atom stereocenters. The van der Waals surface area contributed by atoms with Crippen molar-refractivity contribution in [1.29, 1.82) is 0 Å². The number of amides is 2. The maximum Gasteiger partial charge on any atom is 0.230 e. The second-order valence-electron chi connectivity index (χ2n) is 4.72. The molecule has 0 radical (unpaired) electrons. The molecule has 1 aliphatic heterocycles. The second kappa shape index (κ2) is 5.33. The minimum absolute atomic E-state index is 0.0337. The normalized spacial score (nSPS) is 24.1. The summed E-state index contributed by atoms with van der Waals surface area (Å²) in [5.41, 5.74) is 0.999. The molecule has 0 spiro atoms. The van der Waals surface area contributed by atoms with Gasteiger partial charge in [0.2, 0.25) is 11.8 Å². The Morgan fingerprint density at radius 3 is 2.89 bits per heavy atom. The molecular weight excluding hydrogens is 230 g/mol. The van der Waals surface area contributed by atoms with Crippen molar-refractivity contribution >= 4 is 11.8 Å². The highest BCUT2D eigenvalue weighted by atomic mass is 16.2. The molecule has 18 heavy (non-hydrogen) atoms. The quantitative estimate of drug-likeness (QED) is 0.821. The fourth-order valence-corrected chi connectivity index (χ4v) is 2.66. The zero-order chi connectivity index (χ0) is 13.1. The van der Waals surface area contributed by atoms with Crippen LogP contribution in [0.2, 0.25) is 0 Å². The lowest BCUT2D eigenvalue weighted by Crippen LogP contribution is -2.45. The third-order valence-electron chi connectivity index (χ3n) is 3.56. The SMILES string of the molecule is CCCC1C(=O)NC(=O)CC1c1cncn1CC. The number of nitrogens with one attached hydrogen (secondary N) is 1. The van der Waals surface area contributed by atoms with Crippen LogP contribution < -0.4 is 5.32 Å². The molecule has 0 bridgehead atoms. The first-order valence-electron chi connectivity index (χ1n) is 6.51. The standard InChI is InChI=1S/C13H19N3O2/c1-3-5-9-10(6-12(17)15-13(9)18)11-7-14-8-16(11)4-2/h7-10H,3-6H2,1-2H3,(H,15,17,18). The summed E-state index contributed by atoms with van der Waals surface area (Å²) >= 11 is 0. The van der Waals surface area contributed by atoms with Gasteiger partial charge in [-0.25, -0.2) is 4.98 Å². The smallest absolute Gasteiger partial charge is 0.230 e. The summed E-state index contributed by atoms with van der Waals surface area (Å²) < 4.78 is 2.01. The Hall–Kier alpha value is -1.65. The Balaban J connectivity index is 2.31. The van der Waals surface area contributed by atoms with Crippen molar-refractivity contribution in [2.24, 2.45) is 5.92 Å². The van der Waals surface area contributed by atoms with Gasteiger partial charge in [-0.2, -0.15) is 0 Å². The van der Waals surface area contributed by atoms with Gasteiger partial charge in [0.1, 0.15) is 0 Å². The summed E-state index contributed by atoms with van der Waals surface area (Å²) in [6.07, 6.45) is 5.65. The lowest BCUT2D eigenvalue weighted by Gasteiger charge is -2.30. The molecule has 2 amide bonds. The summed E-state index contributed by atoms with van der Waals surface area (Å²) in [7, 11) is 0. The maximum absolute atomic E-state index is 11.9. The van der Waals surface area contributed by atoms with E-state index < -0.39 is 0 Å². The van der Waals surface area contributed by atoms with E-state index in [1.54, 1.807) is 12.5 Å². The van der Waals surface area contributed by atoms with E-state index in [1.807, 2.05) is 11.5 Å². The van der Waals surface area contributed by atoms with E-state index in [9.17, 15) is 9.59 Å². The first kappa shape index (κ1) is 12.8. The number of imidazole rings is 1. The first-order valence-corrected chi connectivity index (χ1v) is 6.51. The van der Waals surface area contributed by atoms with Crippen LogP contribution in [-0.2, 0) is 16.1 Å². The number of hydrogen-bond donors (Lipinski definition) is 1. The van der Waals surface area contributed by atoms with E-state index in [0.717, 1.165) is 25.1 Å². The highest BCUT2D eigenvalue weighted by Gasteiger charge is 2.37. The van der Waals surface area contributed by atoms with E-state index in [2.05, 4.69) is 17.2 Å². The lowest BCUT2D eigenvalue weighted by atomic mass is 9.80. The monoisotopic (exact) mass is 249 g/mol. The predicted molar refractivity (Wildman–Crippen MR) is 66.8 cm³/mol. The Kier molecular flexibility index (Phi) is 3.79. The molecule has 2 heterocycles. The van der Waals surface area contributed by atoms with Gasteiger partial charge in [-0.1, -0.05) is 13.3 Å². The number of piperidine rings is 1. The van der Waals surface area contributed by atoms with Gasteiger partial charge < -0.3 is 4.57 Å². The molecule has 1 aromatic heterocycles. The number of carbonyl (C=O) groups excluding carboxylic acids is 2. The molecule has 2 unspecified atom stereocenters.